The highest BCUT2D eigenvalue weighted by Crippen LogP contribution is 2.13. The summed E-state index contributed by atoms with van der Waals surface area (Å²) < 4.78 is 5.50. The van der Waals surface area contributed by atoms with Crippen LogP contribution in [-0.4, -0.2) is 25.8 Å². The van der Waals surface area contributed by atoms with Gasteiger partial charge in [-0.25, -0.2) is 0 Å². The third-order valence-electron chi connectivity index (χ3n) is 2.66. The van der Waals surface area contributed by atoms with Gasteiger partial charge in [-0.1, -0.05) is 13.8 Å². The van der Waals surface area contributed by atoms with Gasteiger partial charge in [0.25, 0.3) is 0 Å². The molecule has 1 rings (SSSR count). The Morgan fingerprint density at radius 1 is 1.47 bits per heavy atom. The first kappa shape index (κ1) is 12.7. The number of thiophene rings is 1. The van der Waals surface area contributed by atoms with Crippen molar-refractivity contribution in [3.8, 4) is 0 Å². The van der Waals surface area contributed by atoms with E-state index in [2.05, 4.69) is 36.0 Å². The van der Waals surface area contributed by atoms with E-state index in [9.17, 15) is 0 Å². The smallest absolute Gasteiger partial charge is 0.0724 e. The van der Waals surface area contributed by atoms with Crippen LogP contribution in [0.3, 0.4) is 0 Å². The van der Waals surface area contributed by atoms with Crippen LogP contribution in [0.4, 0.5) is 0 Å². The van der Waals surface area contributed by atoms with Gasteiger partial charge in [0.2, 0.25) is 0 Å². The first-order valence-electron chi connectivity index (χ1n) is 5.59. The summed E-state index contributed by atoms with van der Waals surface area (Å²) in [4.78, 5) is 0. The number of hydrogen-bond acceptors (Lipinski definition) is 3. The second-order valence-electron chi connectivity index (χ2n) is 3.68. The van der Waals surface area contributed by atoms with Gasteiger partial charge in [0.1, 0.15) is 0 Å². The Hall–Kier alpha value is -0.380. The summed E-state index contributed by atoms with van der Waals surface area (Å²) in [6.45, 7) is 5.31. The largest absolute Gasteiger partial charge is 0.380 e. The van der Waals surface area contributed by atoms with E-state index >= 15 is 0 Å². The van der Waals surface area contributed by atoms with Crippen LogP contribution in [0.5, 0.6) is 0 Å². The Kier molecular flexibility index (Phi) is 5.91. The van der Waals surface area contributed by atoms with Gasteiger partial charge in [-0.15, -0.1) is 0 Å². The average molecular weight is 227 g/mol. The number of rotatable bonds is 7. The molecular formula is C12H21NOS. The number of nitrogens with one attached hydrogen (secondary N) is 1. The highest BCUT2D eigenvalue weighted by Gasteiger charge is 2.18. The van der Waals surface area contributed by atoms with E-state index in [0.717, 1.165) is 19.4 Å². The molecule has 1 aromatic heterocycles. The fourth-order valence-electron chi connectivity index (χ4n) is 1.88. The molecule has 86 valence electrons. The first-order valence-corrected chi connectivity index (χ1v) is 6.53. The fourth-order valence-corrected chi connectivity index (χ4v) is 2.56. The van der Waals surface area contributed by atoms with Crippen molar-refractivity contribution < 1.29 is 4.74 Å². The number of hydrogen-bond donors (Lipinski definition) is 1. The van der Waals surface area contributed by atoms with Crippen LogP contribution in [-0.2, 0) is 11.2 Å². The van der Waals surface area contributed by atoms with Gasteiger partial charge in [0.05, 0.1) is 6.10 Å². The Balaban J connectivity index is 2.56. The summed E-state index contributed by atoms with van der Waals surface area (Å²) >= 11 is 1.76. The molecule has 1 heterocycles. The van der Waals surface area contributed by atoms with Crippen molar-refractivity contribution in [3.63, 3.8) is 0 Å². The van der Waals surface area contributed by atoms with Crippen LogP contribution in [0.1, 0.15) is 25.8 Å². The Labute approximate surface area is 96.7 Å². The van der Waals surface area contributed by atoms with Crippen LogP contribution < -0.4 is 5.32 Å². The molecule has 0 aliphatic rings. The van der Waals surface area contributed by atoms with Crippen molar-refractivity contribution >= 4 is 11.3 Å². The van der Waals surface area contributed by atoms with E-state index < -0.39 is 0 Å². The normalized spacial score (nSPS) is 15.1. The summed E-state index contributed by atoms with van der Waals surface area (Å²) in [5.41, 5.74) is 1.40. The van der Waals surface area contributed by atoms with Gasteiger partial charge in [-0.2, -0.15) is 11.3 Å². The predicted molar refractivity (Wildman–Crippen MR) is 66.6 cm³/mol. The van der Waals surface area contributed by atoms with Crippen LogP contribution in [0.2, 0.25) is 0 Å². The summed E-state index contributed by atoms with van der Waals surface area (Å²) in [6, 6.07) is 2.62. The van der Waals surface area contributed by atoms with Crippen LogP contribution >= 0.6 is 11.3 Å². The van der Waals surface area contributed by atoms with E-state index in [-0.39, 0.29) is 0 Å². The maximum absolute atomic E-state index is 5.50. The van der Waals surface area contributed by atoms with Gasteiger partial charge in [-0.05, 0) is 41.8 Å². The third kappa shape index (κ3) is 3.93. The minimum Gasteiger partial charge on any atom is -0.380 e. The van der Waals surface area contributed by atoms with E-state index in [1.54, 1.807) is 18.4 Å². The molecule has 0 saturated heterocycles. The van der Waals surface area contributed by atoms with E-state index in [1.165, 1.54) is 5.56 Å². The first-order chi connectivity index (χ1) is 7.31. The van der Waals surface area contributed by atoms with Gasteiger partial charge in [0.15, 0.2) is 0 Å². The monoisotopic (exact) mass is 227 g/mol. The lowest BCUT2D eigenvalue weighted by atomic mass is 10.0. The summed E-state index contributed by atoms with van der Waals surface area (Å²) in [5, 5.41) is 7.85. The molecule has 15 heavy (non-hydrogen) atoms. The molecule has 1 aromatic rings. The lowest BCUT2D eigenvalue weighted by molar-refractivity contribution is 0.0659. The van der Waals surface area contributed by atoms with Crippen LogP contribution in [0, 0.1) is 0 Å². The van der Waals surface area contributed by atoms with Crippen molar-refractivity contribution in [1.29, 1.82) is 0 Å². The lowest BCUT2D eigenvalue weighted by Gasteiger charge is -2.25. The average Bonchev–Trinajstić information content (AvgIpc) is 2.72. The standard InChI is InChI=1S/C12H21NOS/c1-4-12(14-3)11(13-5-2)8-10-6-7-15-9-10/h6-7,9,11-13H,4-5,8H2,1-3H3. The minimum atomic E-state index is 0.310. The Bertz CT molecular complexity index is 244. The molecule has 0 saturated carbocycles. The van der Waals surface area contributed by atoms with Crippen molar-refractivity contribution in [2.75, 3.05) is 13.7 Å². The summed E-state index contributed by atoms with van der Waals surface area (Å²) in [7, 11) is 1.80. The van der Waals surface area contributed by atoms with Crippen molar-refractivity contribution in [1.82, 2.24) is 5.32 Å². The zero-order valence-corrected chi connectivity index (χ0v) is 10.6. The zero-order valence-electron chi connectivity index (χ0n) is 9.82. The Morgan fingerprint density at radius 2 is 2.27 bits per heavy atom. The zero-order chi connectivity index (χ0) is 11.1. The summed E-state index contributed by atoms with van der Waals surface area (Å²) in [5.74, 6) is 0. The second-order valence-corrected chi connectivity index (χ2v) is 4.46. The molecule has 0 radical (unpaired) electrons. The van der Waals surface area contributed by atoms with Gasteiger partial charge < -0.3 is 10.1 Å². The van der Waals surface area contributed by atoms with Gasteiger partial charge in [-0.3, -0.25) is 0 Å². The number of likely N-dealkylation sites (N-methyl/N-ethyl adjacent to an activating group) is 1. The molecule has 0 amide bonds. The van der Waals surface area contributed by atoms with Crippen LogP contribution in [0.25, 0.3) is 0 Å². The fraction of sp³-hybridized carbons (Fsp3) is 0.667. The molecule has 0 bridgehead atoms. The molecular weight excluding hydrogens is 206 g/mol. The molecule has 0 aliphatic heterocycles. The molecule has 2 atom stereocenters. The minimum absolute atomic E-state index is 0.310. The highest BCUT2D eigenvalue weighted by atomic mass is 32.1. The molecule has 3 heteroatoms. The quantitative estimate of drug-likeness (QED) is 0.773. The van der Waals surface area contributed by atoms with E-state index in [4.69, 9.17) is 4.74 Å². The van der Waals surface area contributed by atoms with Crippen LogP contribution in [0.15, 0.2) is 16.8 Å². The number of ether oxygens (including phenoxy) is 1. The highest BCUT2D eigenvalue weighted by molar-refractivity contribution is 7.07. The van der Waals surface area contributed by atoms with Gasteiger partial charge >= 0.3 is 0 Å². The van der Waals surface area contributed by atoms with E-state index in [1.807, 2.05) is 0 Å². The topological polar surface area (TPSA) is 21.3 Å². The third-order valence-corrected chi connectivity index (χ3v) is 3.39. The van der Waals surface area contributed by atoms with Crippen molar-refractivity contribution in [2.45, 2.75) is 38.8 Å². The maximum atomic E-state index is 5.50. The molecule has 1 N–H and O–H groups in total. The maximum Gasteiger partial charge on any atom is 0.0724 e. The molecule has 0 spiro atoms. The SMILES string of the molecule is CCNC(Cc1ccsc1)C(CC)OC. The lowest BCUT2D eigenvalue weighted by Crippen LogP contribution is -2.42. The van der Waals surface area contributed by atoms with Gasteiger partial charge in [0, 0.05) is 13.2 Å². The predicted octanol–water partition coefficient (Wildman–Crippen LogP) is 2.69. The second kappa shape index (κ2) is 6.99. The number of methoxy groups -OCH3 is 1. The molecule has 0 aliphatic carbocycles. The summed E-state index contributed by atoms with van der Waals surface area (Å²) in [6.07, 6.45) is 2.42. The van der Waals surface area contributed by atoms with E-state index in [0.29, 0.717) is 12.1 Å². The molecule has 2 unspecified atom stereocenters. The Morgan fingerprint density at radius 3 is 2.73 bits per heavy atom. The van der Waals surface area contributed by atoms with Crippen molar-refractivity contribution in [2.24, 2.45) is 0 Å². The molecule has 2 nitrogen and oxygen atoms in total. The molecule has 0 fully saturated rings. The molecule has 0 aromatic carbocycles. The van der Waals surface area contributed by atoms with Crippen molar-refractivity contribution in [3.05, 3.63) is 22.4 Å².